The number of hydrogen-bond acceptors (Lipinski definition) is 1. The van der Waals surface area contributed by atoms with E-state index in [1.165, 1.54) is 5.56 Å². The summed E-state index contributed by atoms with van der Waals surface area (Å²) in [6.45, 7) is 1.77. The summed E-state index contributed by atoms with van der Waals surface area (Å²) in [5.74, 6) is 0. The van der Waals surface area contributed by atoms with Crippen molar-refractivity contribution < 1.29 is 5.11 Å². The number of hydrogen-bond donors (Lipinski definition) is 1. The van der Waals surface area contributed by atoms with Crippen molar-refractivity contribution in [2.24, 2.45) is 0 Å². The van der Waals surface area contributed by atoms with E-state index >= 15 is 0 Å². The third-order valence-electron chi connectivity index (χ3n) is 1.62. The molecule has 11 heavy (non-hydrogen) atoms. The van der Waals surface area contributed by atoms with Gasteiger partial charge in [0.25, 0.3) is 0 Å². The maximum absolute atomic E-state index is 9.18. The summed E-state index contributed by atoms with van der Waals surface area (Å²) in [5.41, 5.74) is 2.20. The number of benzene rings is 1. The van der Waals surface area contributed by atoms with Crippen LogP contribution in [0.25, 0.3) is 0 Å². The summed E-state index contributed by atoms with van der Waals surface area (Å²) < 4.78 is 0. The summed E-state index contributed by atoms with van der Waals surface area (Å²) in [5, 5.41) is 10.0. The van der Waals surface area contributed by atoms with Crippen molar-refractivity contribution in [3.8, 4) is 0 Å². The Morgan fingerprint density at radius 1 is 1.36 bits per heavy atom. The Morgan fingerprint density at radius 3 is 2.27 bits per heavy atom. The van der Waals surface area contributed by atoms with E-state index in [2.05, 4.69) is 15.9 Å². The molecule has 0 amide bonds. The van der Waals surface area contributed by atoms with Gasteiger partial charge in [0.2, 0.25) is 0 Å². The second kappa shape index (κ2) is 3.88. The number of alkyl halides is 1. The molecule has 1 aromatic carbocycles. The lowest BCUT2D eigenvalue weighted by Crippen LogP contribution is -1.90. The maximum atomic E-state index is 9.18. The highest BCUT2D eigenvalue weighted by Crippen LogP contribution is 2.13. The van der Waals surface area contributed by atoms with Crippen molar-refractivity contribution in [2.75, 3.05) is 0 Å². The van der Waals surface area contributed by atoms with Gasteiger partial charge < -0.3 is 5.11 Å². The summed E-state index contributed by atoms with van der Waals surface area (Å²) >= 11 is 3.36. The van der Waals surface area contributed by atoms with Crippen LogP contribution in [0.3, 0.4) is 0 Å². The fourth-order valence-corrected chi connectivity index (χ4v) is 1.26. The molecular weight excluding hydrogens is 204 g/mol. The minimum absolute atomic E-state index is 0.362. The molecule has 0 aliphatic heterocycles. The molecule has 1 aromatic rings. The highest BCUT2D eigenvalue weighted by molar-refractivity contribution is 9.08. The average Bonchev–Trinajstić information content (AvgIpc) is 2.05. The van der Waals surface area contributed by atoms with Gasteiger partial charge in [0.15, 0.2) is 0 Å². The predicted molar refractivity (Wildman–Crippen MR) is 49.7 cm³/mol. The van der Waals surface area contributed by atoms with Crippen LogP contribution in [0.15, 0.2) is 24.3 Å². The summed E-state index contributed by atoms with van der Waals surface area (Å²) in [6.07, 6.45) is -0.362. The van der Waals surface area contributed by atoms with E-state index in [-0.39, 0.29) is 6.10 Å². The van der Waals surface area contributed by atoms with Crippen LogP contribution in [0.1, 0.15) is 24.2 Å². The SMILES string of the molecule is CC(O)c1ccc(CBr)cc1. The van der Waals surface area contributed by atoms with Crippen LogP contribution in [-0.4, -0.2) is 5.11 Å². The molecule has 0 heterocycles. The van der Waals surface area contributed by atoms with Crippen molar-refractivity contribution in [3.05, 3.63) is 35.4 Å². The largest absolute Gasteiger partial charge is 0.389 e. The molecule has 1 nitrogen and oxygen atoms in total. The van der Waals surface area contributed by atoms with E-state index in [4.69, 9.17) is 0 Å². The lowest BCUT2D eigenvalue weighted by molar-refractivity contribution is 0.199. The van der Waals surface area contributed by atoms with Gasteiger partial charge in [-0.3, -0.25) is 0 Å². The molecule has 0 aliphatic rings. The number of aliphatic hydroxyl groups is 1. The monoisotopic (exact) mass is 214 g/mol. The Morgan fingerprint density at radius 2 is 1.91 bits per heavy atom. The highest BCUT2D eigenvalue weighted by Gasteiger charge is 1.98. The first kappa shape index (κ1) is 8.75. The molecule has 0 aromatic heterocycles. The molecule has 2 heteroatoms. The van der Waals surface area contributed by atoms with Gasteiger partial charge in [0.1, 0.15) is 0 Å². The smallest absolute Gasteiger partial charge is 0.0761 e. The molecule has 60 valence electrons. The van der Waals surface area contributed by atoms with Gasteiger partial charge in [-0.2, -0.15) is 0 Å². The van der Waals surface area contributed by atoms with Gasteiger partial charge in [-0.1, -0.05) is 40.2 Å². The second-order valence-corrected chi connectivity index (χ2v) is 3.11. The quantitative estimate of drug-likeness (QED) is 0.752. The fraction of sp³-hybridized carbons (Fsp3) is 0.333. The van der Waals surface area contributed by atoms with Crippen LogP contribution in [0, 0.1) is 0 Å². The molecule has 0 saturated carbocycles. The maximum Gasteiger partial charge on any atom is 0.0761 e. The van der Waals surface area contributed by atoms with E-state index in [9.17, 15) is 5.11 Å². The van der Waals surface area contributed by atoms with Crippen molar-refractivity contribution in [1.82, 2.24) is 0 Å². The standard InChI is InChI=1S/C9H11BrO/c1-7(11)9-4-2-8(6-10)3-5-9/h2-5,7,11H,6H2,1H3. The van der Waals surface area contributed by atoms with E-state index in [0.29, 0.717) is 0 Å². The van der Waals surface area contributed by atoms with Crippen LogP contribution in [-0.2, 0) is 5.33 Å². The van der Waals surface area contributed by atoms with Gasteiger partial charge in [0.05, 0.1) is 6.10 Å². The lowest BCUT2D eigenvalue weighted by atomic mass is 10.1. The Kier molecular flexibility index (Phi) is 3.09. The highest BCUT2D eigenvalue weighted by atomic mass is 79.9. The number of aliphatic hydroxyl groups excluding tert-OH is 1. The minimum Gasteiger partial charge on any atom is -0.389 e. The zero-order valence-corrected chi connectivity index (χ0v) is 8.01. The molecule has 0 radical (unpaired) electrons. The van der Waals surface area contributed by atoms with E-state index in [0.717, 1.165) is 10.9 Å². The third-order valence-corrected chi connectivity index (χ3v) is 2.26. The fourth-order valence-electron chi connectivity index (χ4n) is 0.885. The van der Waals surface area contributed by atoms with Crippen molar-refractivity contribution in [1.29, 1.82) is 0 Å². The summed E-state index contributed by atoms with van der Waals surface area (Å²) in [7, 11) is 0. The van der Waals surface area contributed by atoms with Crippen LogP contribution in [0.2, 0.25) is 0 Å². The second-order valence-electron chi connectivity index (χ2n) is 2.55. The van der Waals surface area contributed by atoms with Gasteiger partial charge >= 0.3 is 0 Å². The van der Waals surface area contributed by atoms with Gasteiger partial charge in [-0.15, -0.1) is 0 Å². The molecule has 1 rings (SSSR count). The first-order valence-corrected chi connectivity index (χ1v) is 4.69. The molecule has 1 unspecified atom stereocenters. The zero-order chi connectivity index (χ0) is 8.27. The molecule has 0 spiro atoms. The van der Waals surface area contributed by atoms with Gasteiger partial charge in [-0.25, -0.2) is 0 Å². The lowest BCUT2D eigenvalue weighted by Gasteiger charge is -2.03. The molecule has 0 saturated heterocycles. The molecule has 1 atom stereocenters. The van der Waals surface area contributed by atoms with Crippen molar-refractivity contribution >= 4 is 15.9 Å². The summed E-state index contributed by atoms with van der Waals surface area (Å²) in [4.78, 5) is 0. The predicted octanol–water partition coefficient (Wildman–Crippen LogP) is 2.63. The Hall–Kier alpha value is -0.340. The molecule has 0 bridgehead atoms. The van der Waals surface area contributed by atoms with E-state index in [1.807, 2.05) is 24.3 Å². The minimum atomic E-state index is -0.362. The van der Waals surface area contributed by atoms with Crippen LogP contribution in [0.5, 0.6) is 0 Å². The normalized spacial score (nSPS) is 13.0. The van der Waals surface area contributed by atoms with Crippen molar-refractivity contribution in [3.63, 3.8) is 0 Å². The third kappa shape index (κ3) is 2.31. The molecule has 0 fully saturated rings. The van der Waals surface area contributed by atoms with Gasteiger partial charge in [0, 0.05) is 5.33 Å². The zero-order valence-electron chi connectivity index (χ0n) is 6.42. The van der Waals surface area contributed by atoms with Crippen molar-refractivity contribution in [2.45, 2.75) is 18.4 Å². The van der Waals surface area contributed by atoms with E-state index in [1.54, 1.807) is 6.92 Å². The van der Waals surface area contributed by atoms with Crippen LogP contribution in [0.4, 0.5) is 0 Å². The topological polar surface area (TPSA) is 20.2 Å². The van der Waals surface area contributed by atoms with E-state index < -0.39 is 0 Å². The van der Waals surface area contributed by atoms with Crippen LogP contribution >= 0.6 is 15.9 Å². The molecule has 0 aliphatic carbocycles. The van der Waals surface area contributed by atoms with Gasteiger partial charge in [-0.05, 0) is 18.1 Å². The Balaban J connectivity index is 2.83. The average molecular weight is 215 g/mol. The molecular formula is C9H11BrO. The number of halogens is 1. The first-order chi connectivity index (χ1) is 5.24. The van der Waals surface area contributed by atoms with Crippen LogP contribution < -0.4 is 0 Å². The summed E-state index contributed by atoms with van der Waals surface area (Å²) in [6, 6.07) is 7.91. The molecule has 1 N–H and O–H groups in total. The Labute approximate surface area is 75.2 Å². The number of rotatable bonds is 2. The first-order valence-electron chi connectivity index (χ1n) is 3.57. The Bertz CT molecular complexity index is 216.